The van der Waals surface area contributed by atoms with E-state index in [0.29, 0.717) is 25.2 Å². The molecule has 0 saturated heterocycles. The molecule has 0 amide bonds. The predicted molar refractivity (Wildman–Crippen MR) is 136 cm³/mol. The lowest BCUT2D eigenvalue weighted by molar-refractivity contribution is -0.179. The number of ketones is 3. The summed E-state index contributed by atoms with van der Waals surface area (Å²) in [6.07, 6.45) is 4.28. The van der Waals surface area contributed by atoms with Gasteiger partial charge in [-0.05, 0) is 25.2 Å². The second-order valence-electron chi connectivity index (χ2n) is 10.8. The van der Waals surface area contributed by atoms with E-state index in [1.54, 1.807) is 20.8 Å². The maximum Gasteiger partial charge on any atom is 0.210 e. The SMILES string of the molecule is CCCCCC(C)C(=O)C(O)C(O)C(O)(C(=O)C(C)CCCCC)C(=O)C(C)CCCC(C)C. The van der Waals surface area contributed by atoms with Crippen LogP contribution in [0.3, 0.4) is 0 Å². The highest BCUT2D eigenvalue weighted by Gasteiger charge is 2.55. The van der Waals surface area contributed by atoms with E-state index in [1.807, 2.05) is 13.8 Å². The number of aliphatic hydroxyl groups is 3. The van der Waals surface area contributed by atoms with Gasteiger partial charge in [-0.2, -0.15) is 0 Å². The van der Waals surface area contributed by atoms with Gasteiger partial charge in [-0.25, -0.2) is 0 Å². The summed E-state index contributed by atoms with van der Waals surface area (Å²) in [4.78, 5) is 39.6. The summed E-state index contributed by atoms with van der Waals surface area (Å²) in [5, 5.41) is 33.2. The first kappa shape index (κ1) is 32.9. The normalized spacial score (nSPS) is 18.1. The van der Waals surface area contributed by atoms with Gasteiger partial charge in [0.1, 0.15) is 12.2 Å². The summed E-state index contributed by atoms with van der Waals surface area (Å²) < 4.78 is 0. The molecule has 6 nitrogen and oxygen atoms in total. The molecule has 6 unspecified atom stereocenters. The molecular formula is C28H52O6. The van der Waals surface area contributed by atoms with E-state index in [2.05, 4.69) is 13.8 Å². The summed E-state index contributed by atoms with van der Waals surface area (Å²) in [6.45, 7) is 13.2. The van der Waals surface area contributed by atoms with Gasteiger partial charge < -0.3 is 15.3 Å². The summed E-state index contributed by atoms with van der Waals surface area (Å²) in [7, 11) is 0. The number of hydrogen-bond donors (Lipinski definition) is 3. The standard InChI is InChI=1S/C28H52O6/c1-8-10-12-16-20(5)23(29)24(30)27(33)28(34,25(31)21(6)17-13-11-9-2)26(32)22(7)18-14-15-19(3)4/h19-22,24,27,30,33-34H,8-18H2,1-7H3. The molecule has 3 N–H and O–H groups in total. The number of aliphatic hydroxyl groups excluding tert-OH is 2. The van der Waals surface area contributed by atoms with Crippen LogP contribution in [0, 0.1) is 23.7 Å². The van der Waals surface area contributed by atoms with E-state index in [0.717, 1.165) is 51.4 Å². The number of Topliss-reactive ketones (excluding diaryl/α,β-unsaturated/α-hetero) is 3. The molecule has 0 aromatic carbocycles. The van der Waals surface area contributed by atoms with Gasteiger partial charge in [-0.15, -0.1) is 0 Å². The molecule has 6 atom stereocenters. The molecule has 0 aromatic rings. The van der Waals surface area contributed by atoms with Crippen molar-refractivity contribution in [2.45, 2.75) is 137 Å². The minimum atomic E-state index is -2.80. The fourth-order valence-corrected chi connectivity index (χ4v) is 4.48. The minimum Gasteiger partial charge on any atom is -0.386 e. The van der Waals surface area contributed by atoms with E-state index in [9.17, 15) is 29.7 Å². The third-order valence-electron chi connectivity index (χ3n) is 7.05. The highest BCUT2D eigenvalue weighted by Crippen LogP contribution is 2.30. The molecule has 0 heterocycles. The van der Waals surface area contributed by atoms with Crippen LogP contribution in [0.4, 0.5) is 0 Å². The van der Waals surface area contributed by atoms with Crippen molar-refractivity contribution in [1.82, 2.24) is 0 Å². The maximum absolute atomic E-state index is 13.4. The largest absolute Gasteiger partial charge is 0.386 e. The Morgan fingerprint density at radius 3 is 1.47 bits per heavy atom. The summed E-state index contributed by atoms with van der Waals surface area (Å²) in [5.74, 6) is -3.70. The molecule has 0 aromatic heterocycles. The van der Waals surface area contributed by atoms with Gasteiger partial charge in [0.15, 0.2) is 17.3 Å². The van der Waals surface area contributed by atoms with Gasteiger partial charge in [0.05, 0.1) is 0 Å². The first-order valence-corrected chi connectivity index (χ1v) is 13.6. The molecule has 0 bridgehead atoms. The molecule has 0 aliphatic heterocycles. The summed E-state index contributed by atoms with van der Waals surface area (Å²) >= 11 is 0. The molecule has 0 aliphatic carbocycles. The number of rotatable bonds is 20. The lowest BCUT2D eigenvalue weighted by atomic mass is 9.73. The number of unbranched alkanes of at least 4 members (excludes halogenated alkanes) is 4. The zero-order valence-electron chi connectivity index (χ0n) is 22.8. The smallest absolute Gasteiger partial charge is 0.210 e. The van der Waals surface area contributed by atoms with Crippen molar-refractivity contribution in [1.29, 1.82) is 0 Å². The Hall–Kier alpha value is -1.11. The Kier molecular flexibility index (Phi) is 16.0. The van der Waals surface area contributed by atoms with Crippen LogP contribution in [0.1, 0.15) is 119 Å². The van der Waals surface area contributed by atoms with Crippen LogP contribution in [-0.4, -0.2) is 50.5 Å². The Morgan fingerprint density at radius 1 is 0.647 bits per heavy atom. The van der Waals surface area contributed by atoms with E-state index in [1.165, 1.54) is 0 Å². The van der Waals surface area contributed by atoms with Crippen molar-refractivity contribution in [3.63, 3.8) is 0 Å². The van der Waals surface area contributed by atoms with Gasteiger partial charge in [0.2, 0.25) is 5.60 Å². The van der Waals surface area contributed by atoms with Gasteiger partial charge in [-0.1, -0.05) is 99.8 Å². The zero-order chi connectivity index (χ0) is 26.5. The number of carbonyl (C=O) groups excluding carboxylic acids is 3. The Morgan fingerprint density at radius 2 is 1.06 bits per heavy atom. The first-order valence-electron chi connectivity index (χ1n) is 13.6. The van der Waals surface area contributed by atoms with E-state index >= 15 is 0 Å². The molecule has 200 valence electrons. The van der Waals surface area contributed by atoms with Crippen molar-refractivity contribution in [3.05, 3.63) is 0 Å². The van der Waals surface area contributed by atoms with Gasteiger partial charge in [-0.3, -0.25) is 14.4 Å². The average Bonchev–Trinajstić information content (AvgIpc) is 2.80. The minimum absolute atomic E-state index is 0.459. The number of hydrogen-bond acceptors (Lipinski definition) is 6. The highest BCUT2D eigenvalue weighted by molar-refractivity contribution is 6.13. The molecule has 0 saturated carbocycles. The molecule has 0 spiro atoms. The quantitative estimate of drug-likeness (QED) is 0.165. The Bertz CT molecular complexity index is 616. The summed E-state index contributed by atoms with van der Waals surface area (Å²) in [5.41, 5.74) is -2.80. The topological polar surface area (TPSA) is 112 Å². The van der Waals surface area contributed by atoms with E-state index in [-0.39, 0.29) is 0 Å². The summed E-state index contributed by atoms with van der Waals surface area (Å²) in [6, 6.07) is 0. The fourth-order valence-electron chi connectivity index (χ4n) is 4.48. The van der Waals surface area contributed by atoms with Crippen molar-refractivity contribution >= 4 is 17.3 Å². The van der Waals surface area contributed by atoms with Crippen LogP contribution < -0.4 is 0 Å². The monoisotopic (exact) mass is 484 g/mol. The van der Waals surface area contributed by atoms with Crippen LogP contribution in [-0.2, 0) is 14.4 Å². The molecule has 0 fully saturated rings. The third-order valence-corrected chi connectivity index (χ3v) is 7.05. The van der Waals surface area contributed by atoms with Gasteiger partial charge in [0.25, 0.3) is 0 Å². The molecule has 0 radical (unpaired) electrons. The van der Waals surface area contributed by atoms with Crippen molar-refractivity contribution < 1.29 is 29.7 Å². The highest BCUT2D eigenvalue weighted by atomic mass is 16.4. The van der Waals surface area contributed by atoms with E-state index in [4.69, 9.17) is 0 Å². The van der Waals surface area contributed by atoms with Crippen molar-refractivity contribution in [2.24, 2.45) is 23.7 Å². The lowest BCUT2D eigenvalue weighted by Gasteiger charge is -2.36. The van der Waals surface area contributed by atoms with Crippen molar-refractivity contribution in [2.75, 3.05) is 0 Å². The molecule has 6 heteroatoms. The second-order valence-corrected chi connectivity index (χ2v) is 10.8. The predicted octanol–water partition coefficient (Wildman–Crippen LogP) is 5.04. The van der Waals surface area contributed by atoms with Crippen LogP contribution in [0.5, 0.6) is 0 Å². The maximum atomic E-state index is 13.4. The fraction of sp³-hybridized carbons (Fsp3) is 0.893. The van der Waals surface area contributed by atoms with Crippen LogP contribution >= 0.6 is 0 Å². The lowest BCUT2D eigenvalue weighted by Crippen LogP contribution is -2.64. The second kappa shape index (κ2) is 16.5. The Labute approximate surface area is 207 Å². The molecule has 0 rings (SSSR count). The average molecular weight is 485 g/mol. The van der Waals surface area contributed by atoms with Gasteiger partial charge >= 0.3 is 0 Å². The van der Waals surface area contributed by atoms with Crippen LogP contribution in [0.25, 0.3) is 0 Å². The first-order chi connectivity index (χ1) is 15.9. The number of carbonyl (C=O) groups is 3. The van der Waals surface area contributed by atoms with Gasteiger partial charge in [0, 0.05) is 17.8 Å². The third kappa shape index (κ3) is 9.87. The van der Waals surface area contributed by atoms with Crippen LogP contribution in [0.2, 0.25) is 0 Å². The molecule has 0 aliphatic rings. The van der Waals surface area contributed by atoms with E-state index < -0.39 is 52.9 Å². The zero-order valence-corrected chi connectivity index (χ0v) is 22.8. The Balaban J connectivity index is 5.82. The van der Waals surface area contributed by atoms with Crippen molar-refractivity contribution in [3.8, 4) is 0 Å². The van der Waals surface area contributed by atoms with Crippen LogP contribution in [0.15, 0.2) is 0 Å². The molecule has 34 heavy (non-hydrogen) atoms. The molecular weight excluding hydrogens is 432 g/mol.